The van der Waals surface area contributed by atoms with Crippen LogP contribution < -0.4 is 11.2 Å². The van der Waals surface area contributed by atoms with E-state index in [1.54, 1.807) is 25.2 Å². The number of fused-ring (bicyclic) bond motifs is 1. The van der Waals surface area contributed by atoms with Crippen molar-refractivity contribution < 1.29 is 0 Å². The first kappa shape index (κ1) is 14.1. The van der Waals surface area contributed by atoms with Gasteiger partial charge in [-0.1, -0.05) is 24.0 Å². The standard InChI is InChI=1S/C15H17N3O2/c1-16(2)10-6-7-11-18-14(19)12-8-4-5-9-13(12)17(3)15(18)20/h4-5,8-9H,10-11H2,1-3H3. The van der Waals surface area contributed by atoms with Gasteiger partial charge in [0.05, 0.1) is 24.0 Å². The topological polar surface area (TPSA) is 47.2 Å². The summed E-state index contributed by atoms with van der Waals surface area (Å²) in [6, 6.07) is 7.08. The maximum absolute atomic E-state index is 12.3. The molecule has 5 nitrogen and oxygen atoms in total. The molecular weight excluding hydrogens is 254 g/mol. The lowest BCUT2D eigenvalue weighted by Gasteiger charge is -2.08. The van der Waals surface area contributed by atoms with E-state index in [0.717, 1.165) is 0 Å². The van der Waals surface area contributed by atoms with E-state index >= 15 is 0 Å². The van der Waals surface area contributed by atoms with Gasteiger partial charge in [-0.15, -0.1) is 0 Å². The molecular formula is C15H17N3O2. The van der Waals surface area contributed by atoms with E-state index in [1.807, 2.05) is 25.1 Å². The van der Waals surface area contributed by atoms with Gasteiger partial charge in [0.2, 0.25) is 0 Å². The predicted octanol–water partition coefficient (Wildman–Crippen LogP) is 0.265. The molecule has 1 aromatic carbocycles. The molecule has 20 heavy (non-hydrogen) atoms. The Morgan fingerprint density at radius 1 is 1.15 bits per heavy atom. The van der Waals surface area contributed by atoms with Crippen LogP contribution in [0, 0.1) is 11.8 Å². The molecule has 0 saturated heterocycles. The number of aromatic nitrogens is 2. The van der Waals surface area contributed by atoms with Crippen LogP contribution in [0.1, 0.15) is 0 Å². The third kappa shape index (κ3) is 2.65. The number of hydrogen-bond acceptors (Lipinski definition) is 3. The molecule has 0 amide bonds. The zero-order chi connectivity index (χ0) is 14.7. The number of hydrogen-bond donors (Lipinski definition) is 0. The van der Waals surface area contributed by atoms with Crippen molar-refractivity contribution in [2.75, 3.05) is 20.6 Å². The van der Waals surface area contributed by atoms with Crippen LogP contribution in [0.3, 0.4) is 0 Å². The quantitative estimate of drug-likeness (QED) is 0.736. The van der Waals surface area contributed by atoms with Gasteiger partial charge >= 0.3 is 5.69 Å². The molecule has 1 heterocycles. The Hall–Kier alpha value is -2.32. The summed E-state index contributed by atoms with van der Waals surface area (Å²) >= 11 is 0. The number of benzene rings is 1. The van der Waals surface area contributed by atoms with Gasteiger partial charge < -0.3 is 0 Å². The fourth-order valence-electron chi connectivity index (χ4n) is 1.95. The monoisotopic (exact) mass is 271 g/mol. The largest absolute Gasteiger partial charge is 0.332 e. The highest BCUT2D eigenvalue weighted by Gasteiger charge is 2.08. The van der Waals surface area contributed by atoms with Crippen molar-refractivity contribution in [1.82, 2.24) is 14.0 Å². The number of rotatable bonds is 2. The Morgan fingerprint density at radius 3 is 2.55 bits per heavy atom. The minimum absolute atomic E-state index is 0.115. The van der Waals surface area contributed by atoms with Gasteiger partial charge in [0.25, 0.3) is 5.56 Å². The van der Waals surface area contributed by atoms with E-state index in [2.05, 4.69) is 11.8 Å². The first-order chi connectivity index (χ1) is 9.52. The maximum Gasteiger partial charge on any atom is 0.332 e. The van der Waals surface area contributed by atoms with E-state index < -0.39 is 0 Å². The van der Waals surface area contributed by atoms with Crippen molar-refractivity contribution in [3.8, 4) is 11.8 Å². The van der Waals surface area contributed by atoms with E-state index in [-0.39, 0.29) is 17.8 Å². The highest BCUT2D eigenvalue weighted by Crippen LogP contribution is 2.05. The molecule has 0 N–H and O–H groups in total. The molecule has 2 aromatic rings. The van der Waals surface area contributed by atoms with Crippen LogP contribution in [-0.2, 0) is 13.6 Å². The molecule has 0 aliphatic rings. The van der Waals surface area contributed by atoms with Gasteiger partial charge in [-0.3, -0.25) is 14.3 Å². The summed E-state index contributed by atoms with van der Waals surface area (Å²) in [5, 5.41) is 0.531. The SMILES string of the molecule is CN(C)CC#CCn1c(=O)c2ccccc2n(C)c1=O. The van der Waals surface area contributed by atoms with E-state index in [9.17, 15) is 9.59 Å². The first-order valence-corrected chi connectivity index (χ1v) is 6.31. The summed E-state index contributed by atoms with van der Waals surface area (Å²) in [5.74, 6) is 5.79. The van der Waals surface area contributed by atoms with Crippen LogP contribution >= 0.6 is 0 Å². The van der Waals surface area contributed by atoms with Crippen molar-refractivity contribution >= 4 is 10.9 Å². The normalized spacial score (nSPS) is 10.6. The highest BCUT2D eigenvalue weighted by molar-refractivity contribution is 5.77. The number of para-hydroxylation sites is 1. The first-order valence-electron chi connectivity index (χ1n) is 6.31. The molecule has 0 fully saturated rings. The van der Waals surface area contributed by atoms with Crippen molar-refractivity contribution in [1.29, 1.82) is 0 Å². The summed E-state index contributed by atoms with van der Waals surface area (Å²) in [7, 11) is 5.49. The third-order valence-electron chi connectivity index (χ3n) is 3.02. The molecule has 0 saturated carbocycles. The summed E-state index contributed by atoms with van der Waals surface area (Å²) in [5.41, 5.74) is 0.00991. The second-order valence-electron chi connectivity index (χ2n) is 4.84. The highest BCUT2D eigenvalue weighted by atomic mass is 16.2. The van der Waals surface area contributed by atoms with Crippen molar-refractivity contribution in [2.24, 2.45) is 7.05 Å². The summed E-state index contributed by atoms with van der Waals surface area (Å²) in [6.07, 6.45) is 0. The van der Waals surface area contributed by atoms with Crippen LogP contribution in [0.5, 0.6) is 0 Å². The molecule has 0 aliphatic heterocycles. The molecule has 0 aliphatic carbocycles. The zero-order valence-corrected chi connectivity index (χ0v) is 11.9. The van der Waals surface area contributed by atoms with Gasteiger partial charge in [0.15, 0.2) is 0 Å². The fraction of sp³-hybridized carbons (Fsp3) is 0.333. The lowest BCUT2D eigenvalue weighted by molar-refractivity contribution is 0.463. The fourth-order valence-corrected chi connectivity index (χ4v) is 1.95. The minimum atomic E-state index is -0.340. The van der Waals surface area contributed by atoms with Crippen LogP contribution in [0.2, 0.25) is 0 Å². The van der Waals surface area contributed by atoms with Crippen LogP contribution in [-0.4, -0.2) is 34.7 Å². The number of nitrogens with zero attached hydrogens (tertiary/aromatic N) is 3. The van der Waals surface area contributed by atoms with Gasteiger partial charge in [0.1, 0.15) is 0 Å². The van der Waals surface area contributed by atoms with Crippen molar-refractivity contribution in [2.45, 2.75) is 6.54 Å². The van der Waals surface area contributed by atoms with Crippen LogP contribution in [0.15, 0.2) is 33.9 Å². The Balaban J connectivity index is 2.51. The molecule has 1 aromatic heterocycles. The second-order valence-corrected chi connectivity index (χ2v) is 4.84. The summed E-state index contributed by atoms with van der Waals surface area (Å²) < 4.78 is 2.65. The molecule has 0 radical (unpaired) electrons. The van der Waals surface area contributed by atoms with E-state index in [1.165, 1.54) is 9.13 Å². The van der Waals surface area contributed by atoms with E-state index in [4.69, 9.17) is 0 Å². The molecule has 0 bridgehead atoms. The van der Waals surface area contributed by atoms with E-state index in [0.29, 0.717) is 17.4 Å². The Labute approximate surface area is 117 Å². The van der Waals surface area contributed by atoms with Crippen LogP contribution in [0.25, 0.3) is 10.9 Å². The lowest BCUT2D eigenvalue weighted by Crippen LogP contribution is -2.38. The summed E-state index contributed by atoms with van der Waals surface area (Å²) in [6.45, 7) is 0.715. The maximum atomic E-state index is 12.3. The average molecular weight is 271 g/mol. The number of aryl methyl sites for hydroxylation is 1. The van der Waals surface area contributed by atoms with Crippen molar-refractivity contribution in [3.05, 3.63) is 45.1 Å². The third-order valence-corrected chi connectivity index (χ3v) is 3.02. The Kier molecular flexibility index (Phi) is 4.06. The second kappa shape index (κ2) is 5.76. The van der Waals surface area contributed by atoms with Gasteiger partial charge in [-0.2, -0.15) is 0 Å². The van der Waals surface area contributed by atoms with Crippen LogP contribution in [0.4, 0.5) is 0 Å². The summed E-state index contributed by atoms with van der Waals surface area (Å²) in [4.78, 5) is 26.4. The van der Waals surface area contributed by atoms with Gasteiger partial charge in [0, 0.05) is 7.05 Å². The zero-order valence-electron chi connectivity index (χ0n) is 11.9. The average Bonchev–Trinajstić information content (AvgIpc) is 2.44. The molecule has 104 valence electrons. The predicted molar refractivity (Wildman–Crippen MR) is 79.8 cm³/mol. The molecule has 2 rings (SSSR count). The Bertz CT molecular complexity index is 804. The molecule has 0 unspecified atom stereocenters. The Morgan fingerprint density at radius 2 is 1.85 bits per heavy atom. The molecule has 0 spiro atoms. The van der Waals surface area contributed by atoms with Gasteiger partial charge in [-0.05, 0) is 26.2 Å². The minimum Gasteiger partial charge on any atom is -0.299 e. The van der Waals surface area contributed by atoms with Gasteiger partial charge in [-0.25, -0.2) is 9.36 Å². The molecule has 0 atom stereocenters. The lowest BCUT2D eigenvalue weighted by atomic mass is 10.2. The smallest absolute Gasteiger partial charge is 0.299 e. The van der Waals surface area contributed by atoms with Crippen molar-refractivity contribution in [3.63, 3.8) is 0 Å². The molecule has 5 heteroatoms.